The van der Waals surface area contributed by atoms with E-state index in [2.05, 4.69) is 82.9 Å². The lowest BCUT2D eigenvalue weighted by Gasteiger charge is -2.08. The van der Waals surface area contributed by atoms with Gasteiger partial charge in [0.1, 0.15) is 6.33 Å². The molecule has 0 saturated carbocycles. The van der Waals surface area contributed by atoms with Gasteiger partial charge in [-0.2, -0.15) is 5.10 Å². The van der Waals surface area contributed by atoms with Gasteiger partial charge in [0.05, 0.1) is 0 Å². The van der Waals surface area contributed by atoms with Crippen molar-refractivity contribution >= 4 is 0 Å². The molecule has 0 amide bonds. The van der Waals surface area contributed by atoms with Crippen LogP contribution in [-0.2, 0) is 6.54 Å². The normalized spacial score (nSPS) is 11.1. The molecule has 4 nitrogen and oxygen atoms in total. The maximum absolute atomic E-state index is 4.17. The Labute approximate surface area is 143 Å². The molecular formula is C20H24N4. The molecular weight excluding hydrogens is 296 g/mol. The van der Waals surface area contributed by atoms with Gasteiger partial charge in [-0.1, -0.05) is 62.4 Å². The highest BCUT2D eigenvalue weighted by molar-refractivity contribution is 5.67. The lowest BCUT2D eigenvalue weighted by atomic mass is 10.0. The Balaban J connectivity index is 1.61. The molecule has 0 bridgehead atoms. The molecule has 0 atom stereocenters. The number of rotatable bonds is 7. The first-order valence-corrected chi connectivity index (χ1v) is 8.48. The first-order valence-electron chi connectivity index (χ1n) is 8.48. The third-order valence-electron chi connectivity index (χ3n) is 4.09. The van der Waals surface area contributed by atoms with Crippen molar-refractivity contribution in [3.05, 3.63) is 60.4 Å². The number of hydrogen-bond donors (Lipinski definition) is 2. The number of nitrogens with zero attached hydrogens (tertiary/aromatic N) is 2. The summed E-state index contributed by atoms with van der Waals surface area (Å²) in [5, 5.41) is 10.3. The number of aromatic nitrogens is 3. The largest absolute Gasteiger partial charge is 0.313 e. The van der Waals surface area contributed by atoms with Crippen molar-refractivity contribution in [2.45, 2.75) is 26.8 Å². The smallest absolute Gasteiger partial charge is 0.155 e. The molecule has 0 saturated heterocycles. The van der Waals surface area contributed by atoms with Gasteiger partial charge in [0.2, 0.25) is 0 Å². The van der Waals surface area contributed by atoms with E-state index in [4.69, 9.17) is 0 Å². The number of H-pyrrole nitrogens is 1. The molecule has 0 fully saturated rings. The molecule has 1 heterocycles. The van der Waals surface area contributed by atoms with E-state index in [1.807, 2.05) is 0 Å². The van der Waals surface area contributed by atoms with Gasteiger partial charge in [-0.25, -0.2) is 4.98 Å². The van der Waals surface area contributed by atoms with Crippen LogP contribution in [0.1, 0.15) is 25.8 Å². The van der Waals surface area contributed by atoms with Crippen molar-refractivity contribution in [2.75, 3.05) is 6.54 Å². The SMILES string of the molecule is CC(C)CCNCc1ccc(-c2ccc(-c3ncn[nH]3)cc2)cc1. The summed E-state index contributed by atoms with van der Waals surface area (Å²) in [6.45, 7) is 6.51. The number of aromatic amines is 1. The maximum Gasteiger partial charge on any atom is 0.155 e. The molecule has 4 heteroatoms. The fourth-order valence-electron chi connectivity index (χ4n) is 2.60. The molecule has 2 aromatic carbocycles. The lowest BCUT2D eigenvalue weighted by molar-refractivity contribution is 0.537. The second-order valence-corrected chi connectivity index (χ2v) is 6.47. The Morgan fingerprint density at radius 2 is 1.54 bits per heavy atom. The van der Waals surface area contributed by atoms with Gasteiger partial charge in [0.15, 0.2) is 5.82 Å². The highest BCUT2D eigenvalue weighted by atomic mass is 15.2. The van der Waals surface area contributed by atoms with Gasteiger partial charge in [0.25, 0.3) is 0 Å². The van der Waals surface area contributed by atoms with Crippen LogP contribution in [0.5, 0.6) is 0 Å². The molecule has 3 rings (SSSR count). The first kappa shape index (κ1) is 16.4. The standard InChI is InChI=1S/C20H24N4/c1-15(2)11-12-21-13-16-3-5-17(6-4-16)18-7-9-19(10-8-18)20-22-14-23-24-20/h3-10,14-15,21H,11-13H2,1-2H3,(H,22,23,24). The molecule has 0 aliphatic carbocycles. The van der Waals surface area contributed by atoms with Crippen LogP contribution in [0.3, 0.4) is 0 Å². The van der Waals surface area contributed by atoms with Crippen molar-refractivity contribution in [2.24, 2.45) is 5.92 Å². The van der Waals surface area contributed by atoms with E-state index in [0.29, 0.717) is 0 Å². The summed E-state index contributed by atoms with van der Waals surface area (Å²) < 4.78 is 0. The fraction of sp³-hybridized carbons (Fsp3) is 0.300. The van der Waals surface area contributed by atoms with Crippen LogP contribution in [-0.4, -0.2) is 21.7 Å². The summed E-state index contributed by atoms with van der Waals surface area (Å²) in [6.07, 6.45) is 2.74. The van der Waals surface area contributed by atoms with Gasteiger partial charge in [-0.3, -0.25) is 5.10 Å². The molecule has 0 aliphatic heterocycles. The first-order chi connectivity index (χ1) is 11.7. The Morgan fingerprint density at radius 1 is 0.917 bits per heavy atom. The summed E-state index contributed by atoms with van der Waals surface area (Å²) in [4.78, 5) is 4.17. The zero-order valence-electron chi connectivity index (χ0n) is 14.3. The van der Waals surface area contributed by atoms with Crippen LogP contribution in [0.15, 0.2) is 54.9 Å². The molecule has 0 radical (unpaired) electrons. The van der Waals surface area contributed by atoms with E-state index in [-0.39, 0.29) is 0 Å². The van der Waals surface area contributed by atoms with Crippen molar-refractivity contribution < 1.29 is 0 Å². The molecule has 0 spiro atoms. The minimum atomic E-state index is 0.750. The van der Waals surface area contributed by atoms with Crippen LogP contribution >= 0.6 is 0 Å². The molecule has 24 heavy (non-hydrogen) atoms. The van der Waals surface area contributed by atoms with Crippen molar-refractivity contribution in [3.8, 4) is 22.5 Å². The topological polar surface area (TPSA) is 53.6 Å². The monoisotopic (exact) mass is 320 g/mol. The van der Waals surface area contributed by atoms with Crippen molar-refractivity contribution in [3.63, 3.8) is 0 Å². The van der Waals surface area contributed by atoms with Gasteiger partial charge < -0.3 is 5.32 Å². The molecule has 0 unspecified atom stereocenters. The summed E-state index contributed by atoms with van der Waals surface area (Å²) >= 11 is 0. The highest BCUT2D eigenvalue weighted by Gasteiger charge is 2.02. The van der Waals surface area contributed by atoms with Gasteiger partial charge in [0, 0.05) is 12.1 Å². The van der Waals surface area contributed by atoms with Gasteiger partial charge in [-0.05, 0) is 35.6 Å². The Kier molecular flexibility index (Phi) is 5.39. The highest BCUT2D eigenvalue weighted by Crippen LogP contribution is 2.23. The fourth-order valence-corrected chi connectivity index (χ4v) is 2.60. The quantitative estimate of drug-likeness (QED) is 0.639. The van der Waals surface area contributed by atoms with Crippen molar-refractivity contribution in [1.82, 2.24) is 20.5 Å². The minimum Gasteiger partial charge on any atom is -0.313 e. The number of nitrogens with one attached hydrogen (secondary N) is 2. The van der Waals surface area contributed by atoms with E-state index in [0.717, 1.165) is 30.4 Å². The van der Waals surface area contributed by atoms with Crippen LogP contribution in [0.4, 0.5) is 0 Å². The molecule has 2 N–H and O–H groups in total. The Bertz CT molecular complexity index is 728. The van der Waals surface area contributed by atoms with E-state index in [1.165, 1.54) is 29.4 Å². The zero-order chi connectivity index (χ0) is 16.8. The summed E-state index contributed by atoms with van der Waals surface area (Å²) in [5.41, 5.74) is 4.80. The third kappa shape index (κ3) is 4.30. The Hall–Kier alpha value is -2.46. The molecule has 1 aromatic heterocycles. The van der Waals surface area contributed by atoms with Crippen LogP contribution in [0, 0.1) is 5.92 Å². The summed E-state index contributed by atoms with van der Waals surface area (Å²) in [5.74, 6) is 1.55. The number of hydrogen-bond acceptors (Lipinski definition) is 3. The van der Waals surface area contributed by atoms with E-state index in [9.17, 15) is 0 Å². The van der Waals surface area contributed by atoms with Crippen molar-refractivity contribution in [1.29, 1.82) is 0 Å². The molecule has 3 aromatic rings. The minimum absolute atomic E-state index is 0.750. The Morgan fingerprint density at radius 3 is 2.12 bits per heavy atom. The third-order valence-corrected chi connectivity index (χ3v) is 4.09. The van der Waals surface area contributed by atoms with Crippen LogP contribution in [0.25, 0.3) is 22.5 Å². The lowest BCUT2D eigenvalue weighted by Crippen LogP contribution is -2.16. The van der Waals surface area contributed by atoms with Gasteiger partial charge >= 0.3 is 0 Å². The predicted molar refractivity (Wildman–Crippen MR) is 98.4 cm³/mol. The second-order valence-electron chi connectivity index (χ2n) is 6.47. The average molecular weight is 320 g/mol. The average Bonchev–Trinajstić information content (AvgIpc) is 3.14. The maximum atomic E-state index is 4.17. The van der Waals surface area contributed by atoms with E-state index < -0.39 is 0 Å². The molecule has 124 valence electrons. The molecule has 0 aliphatic rings. The van der Waals surface area contributed by atoms with Crippen LogP contribution < -0.4 is 5.32 Å². The summed E-state index contributed by atoms with van der Waals surface area (Å²) in [6, 6.07) is 17.1. The second kappa shape index (κ2) is 7.88. The predicted octanol–water partition coefficient (Wildman–Crippen LogP) is 4.27. The summed E-state index contributed by atoms with van der Waals surface area (Å²) in [7, 11) is 0. The number of benzene rings is 2. The van der Waals surface area contributed by atoms with E-state index in [1.54, 1.807) is 0 Å². The van der Waals surface area contributed by atoms with E-state index >= 15 is 0 Å². The zero-order valence-corrected chi connectivity index (χ0v) is 14.3. The van der Waals surface area contributed by atoms with Crippen LogP contribution in [0.2, 0.25) is 0 Å². The van der Waals surface area contributed by atoms with Gasteiger partial charge in [-0.15, -0.1) is 0 Å².